The van der Waals surface area contributed by atoms with Gasteiger partial charge in [-0.25, -0.2) is 19.5 Å². The van der Waals surface area contributed by atoms with E-state index < -0.39 is 32.4 Å². The van der Waals surface area contributed by atoms with Gasteiger partial charge in [0.1, 0.15) is 23.8 Å². The molecule has 0 bridgehead atoms. The molecule has 13 heteroatoms. The van der Waals surface area contributed by atoms with E-state index in [9.17, 15) is 9.46 Å². The van der Waals surface area contributed by atoms with Crippen LogP contribution in [0.25, 0.3) is 11.2 Å². The zero-order valence-electron chi connectivity index (χ0n) is 16.4. The van der Waals surface area contributed by atoms with Crippen molar-refractivity contribution >= 4 is 36.6 Å². The van der Waals surface area contributed by atoms with E-state index >= 15 is 0 Å². The number of nitrogen functional groups attached to an aromatic ring is 1. The summed E-state index contributed by atoms with van der Waals surface area (Å²) < 4.78 is 35.2. The molecule has 0 aliphatic carbocycles. The third-order valence-corrected chi connectivity index (χ3v) is 7.03. The molecule has 31 heavy (non-hydrogen) atoms. The third kappa shape index (κ3) is 3.96. The summed E-state index contributed by atoms with van der Waals surface area (Å²) in [5.74, 6) is 0.935. The summed E-state index contributed by atoms with van der Waals surface area (Å²) in [5, 5.41) is 0.499. The highest BCUT2D eigenvalue weighted by molar-refractivity contribution is 7.98. The summed E-state index contributed by atoms with van der Waals surface area (Å²) in [6.07, 6.45) is -1.19. The number of hydrogen-bond acceptors (Lipinski definition) is 10. The summed E-state index contributed by atoms with van der Waals surface area (Å²) in [4.78, 5) is 23.0. The van der Waals surface area contributed by atoms with Crippen LogP contribution in [0, 0.1) is 0 Å². The van der Waals surface area contributed by atoms with E-state index in [1.165, 1.54) is 25.2 Å². The van der Waals surface area contributed by atoms with Crippen molar-refractivity contribution in [2.45, 2.75) is 35.4 Å². The number of fused-ring (bicyclic) bond motifs is 2. The van der Waals surface area contributed by atoms with Crippen LogP contribution in [0.5, 0.6) is 0 Å². The van der Waals surface area contributed by atoms with Gasteiger partial charge in [0.15, 0.2) is 22.8 Å². The first-order chi connectivity index (χ1) is 14.9. The molecule has 0 amide bonds. The predicted octanol–water partition coefficient (Wildman–Crippen LogP) is 2.13. The van der Waals surface area contributed by atoms with E-state index in [1.807, 2.05) is 30.3 Å². The molecule has 2 fully saturated rings. The number of phosphoric acid groups is 1. The van der Waals surface area contributed by atoms with E-state index in [0.717, 1.165) is 5.56 Å². The Bertz CT molecular complexity index is 1150. The molecule has 11 nitrogen and oxygen atoms in total. The maximum Gasteiger partial charge on any atom is 0.472 e. The molecule has 2 aliphatic heterocycles. The van der Waals surface area contributed by atoms with E-state index in [0.29, 0.717) is 22.1 Å². The summed E-state index contributed by atoms with van der Waals surface area (Å²) in [5.41, 5.74) is 8.17. The summed E-state index contributed by atoms with van der Waals surface area (Å²) in [7, 11) is -2.67. The highest BCUT2D eigenvalue weighted by Gasteiger charge is 2.53. The molecule has 4 heterocycles. The molecule has 0 spiro atoms. The number of benzene rings is 1. The monoisotopic (exact) mass is 465 g/mol. The second-order valence-electron chi connectivity index (χ2n) is 7.09. The number of imidazole rings is 1. The van der Waals surface area contributed by atoms with E-state index in [1.54, 1.807) is 4.57 Å². The second kappa shape index (κ2) is 8.14. The molecule has 5 rings (SSSR count). The minimum atomic E-state index is -4.15. The topological polar surface area (TPSA) is 144 Å². The van der Waals surface area contributed by atoms with Crippen molar-refractivity contribution in [3.63, 3.8) is 0 Å². The van der Waals surface area contributed by atoms with Crippen LogP contribution in [-0.2, 0) is 28.8 Å². The van der Waals surface area contributed by atoms with Gasteiger partial charge in [-0.2, -0.15) is 0 Å². The number of rotatable bonds is 5. The third-order valence-electron chi connectivity index (χ3n) is 5.13. The molecule has 0 saturated carbocycles. The molecule has 0 radical (unpaired) electrons. The van der Waals surface area contributed by atoms with Gasteiger partial charge in [-0.05, 0) is 5.56 Å². The first kappa shape index (κ1) is 20.8. The van der Waals surface area contributed by atoms with Gasteiger partial charge in [-0.1, -0.05) is 42.1 Å². The van der Waals surface area contributed by atoms with Crippen LogP contribution in [0.2, 0.25) is 0 Å². The Kier molecular flexibility index (Phi) is 5.47. The van der Waals surface area contributed by atoms with Gasteiger partial charge >= 0.3 is 7.82 Å². The number of hydrogen-bond donors (Lipinski definition) is 2. The highest BCUT2D eigenvalue weighted by Crippen LogP contribution is 2.53. The van der Waals surface area contributed by atoms with Crippen LogP contribution < -0.4 is 5.73 Å². The van der Waals surface area contributed by atoms with Gasteiger partial charge in [0.25, 0.3) is 0 Å². The number of thioether (sulfide) groups is 1. The van der Waals surface area contributed by atoms with Crippen LogP contribution in [0.3, 0.4) is 0 Å². The molecule has 1 aromatic carbocycles. The van der Waals surface area contributed by atoms with Crippen molar-refractivity contribution in [3.8, 4) is 0 Å². The van der Waals surface area contributed by atoms with Gasteiger partial charge in [-0.15, -0.1) is 0 Å². The number of nitrogens with two attached hydrogens (primary N) is 1. The average Bonchev–Trinajstić information content (AvgIpc) is 3.33. The summed E-state index contributed by atoms with van der Waals surface area (Å²) in [6, 6.07) is 9.96. The molecule has 164 valence electrons. The van der Waals surface area contributed by atoms with E-state index in [4.69, 9.17) is 24.3 Å². The molecule has 3 N–H and O–H groups in total. The molecule has 2 aliphatic rings. The summed E-state index contributed by atoms with van der Waals surface area (Å²) in [6.45, 7) is -0.0866. The molecule has 3 aromatic rings. The number of ether oxygens (including phenoxy) is 2. The van der Waals surface area contributed by atoms with Crippen LogP contribution >= 0.6 is 19.6 Å². The van der Waals surface area contributed by atoms with Gasteiger partial charge in [0.2, 0.25) is 0 Å². The number of methoxy groups -OCH3 is 1. The van der Waals surface area contributed by atoms with Crippen molar-refractivity contribution in [2.24, 2.45) is 0 Å². The maximum absolute atomic E-state index is 11.9. The largest absolute Gasteiger partial charge is 0.472 e. The minimum absolute atomic E-state index is 0.0866. The number of nitrogens with zero attached hydrogens (tertiary/aromatic N) is 4. The molecule has 5 atom stereocenters. The van der Waals surface area contributed by atoms with Crippen molar-refractivity contribution in [1.29, 1.82) is 0 Å². The fourth-order valence-electron chi connectivity index (χ4n) is 3.69. The van der Waals surface area contributed by atoms with E-state index in [2.05, 4.69) is 15.0 Å². The first-order valence-corrected chi connectivity index (χ1v) is 11.9. The highest BCUT2D eigenvalue weighted by atomic mass is 32.2. The van der Waals surface area contributed by atoms with Gasteiger partial charge < -0.3 is 20.1 Å². The lowest BCUT2D eigenvalue weighted by Gasteiger charge is -2.29. The first-order valence-electron chi connectivity index (χ1n) is 9.46. The predicted molar refractivity (Wildman–Crippen MR) is 111 cm³/mol. The number of aromatic nitrogens is 4. The normalized spacial score (nSPS) is 30.5. The van der Waals surface area contributed by atoms with Gasteiger partial charge in [-0.3, -0.25) is 13.6 Å². The van der Waals surface area contributed by atoms with Crippen LogP contribution in [0.4, 0.5) is 5.82 Å². The van der Waals surface area contributed by atoms with Crippen molar-refractivity contribution in [1.82, 2.24) is 19.5 Å². The van der Waals surface area contributed by atoms with Crippen molar-refractivity contribution in [3.05, 3.63) is 42.2 Å². The SMILES string of the molecule is COC1C2OP(=O)(O)OCC2OC1n1cnc2c(N)nc(SCc3ccccc3)nc21. The van der Waals surface area contributed by atoms with Crippen LogP contribution in [0.1, 0.15) is 11.8 Å². The minimum Gasteiger partial charge on any atom is -0.382 e. The fraction of sp³-hybridized carbons (Fsp3) is 0.389. The Morgan fingerprint density at radius 3 is 2.94 bits per heavy atom. The quantitative estimate of drug-likeness (QED) is 0.325. The standard InChI is InChI=1S/C18H20N5O6PS/c1-26-14-13-11(7-27-30(24,25)29-13)28-17(14)23-9-20-12-15(19)21-18(22-16(12)23)31-8-10-5-3-2-4-6-10/h2-6,9,11,13-14,17H,7-8H2,1H3,(H,24,25)(H2,19,21,22). The molecular weight excluding hydrogens is 445 g/mol. The van der Waals surface area contributed by atoms with Crippen molar-refractivity contribution < 1.29 is 28.0 Å². The molecule has 2 saturated heterocycles. The molecular formula is C18H20N5O6PS. The average molecular weight is 465 g/mol. The van der Waals surface area contributed by atoms with Gasteiger partial charge in [0.05, 0.1) is 12.9 Å². The number of phosphoric ester groups is 1. The molecule has 2 aromatic heterocycles. The zero-order valence-corrected chi connectivity index (χ0v) is 18.1. The Balaban J connectivity index is 1.46. The van der Waals surface area contributed by atoms with Crippen LogP contribution in [-0.4, -0.2) is 56.4 Å². The Morgan fingerprint density at radius 2 is 2.16 bits per heavy atom. The molecule has 5 unspecified atom stereocenters. The Labute approximate surface area is 181 Å². The lowest BCUT2D eigenvalue weighted by Crippen LogP contribution is -2.40. The number of anilines is 1. The lowest BCUT2D eigenvalue weighted by atomic mass is 10.1. The smallest absolute Gasteiger partial charge is 0.382 e. The fourth-order valence-corrected chi connectivity index (χ4v) is 5.45. The van der Waals surface area contributed by atoms with Crippen LogP contribution in [0.15, 0.2) is 41.8 Å². The van der Waals surface area contributed by atoms with Gasteiger partial charge in [0, 0.05) is 12.9 Å². The lowest BCUT2D eigenvalue weighted by molar-refractivity contribution is -0.0667. The van der Waals surface area contributed by atoms with E-state index in [-0.39, 0.29) is 12.4 Å². The maximum atomic E-state index is 11.9. The summed E-state index contributed by atoms with van der Waals surface area (Å²) >= 11 is 1.45. The Hall–Kier alpha value is -2.05. The van der Waals surface area contributed by atoms with Crippen molar-refractivity contribution in [2.75, 3.05) is 19.5 Å². The second-order valence-corrected chi connectivity index (χ2v) is 9.44. The Morgan fingerprint density at radius 1 is 1.35 bits per heavy atom. The zero-order chi connectivity index (χ0) is 21.6.